The second-order valence-corrected chi connectivity index (χ2v) is 4.27. The van der Waals surface area contributed by atoms with Crippen LogP contribution >= 0.6 is 0 Å². The zero-order valence-electron chi connectivity index (χ0n) is 9.90. The standard InChI is InChI=1S/C11H15N3O3/c1-11(3-4-17-7-11)14-9-6-12-8(5-13-9)10(15)16-2/h5-6H,3-4,7H2,1-2H3,(H,13,14). The molecule has 0 bridgehead atoms. The molecule has 1 aromatic rings. The van der Waals surface area contributed by atoms with Gasteiger partial charge in [0.15, 0.2) is 5.69 Å². The van der Waals surface area contributed by atoms with Crippen LogP contribution < -0.4 is 5.32 Å². The smallest absolute Gasteiger partial charge is 0.358 e. The zero-order valence-corrected chi connectivity index (χ0v) is 9.90. The molecule has 1 N–H and O–H groups in total. The summed E-state index contributed by atoms with van der Waals surface area (Å²) in [6.07, 6.45) is 3.84. The van der Waals surface area contributed by atoms with Crippen LogP contribution in [0.4, 0.5) is 5.82 Å². The van der Waals surface area contributed by atoms with Gasteiger partial charge in [0.2, 0.25) is 0 Å². The monoisotopic (exact) mass is 237 g/mol. The third-order valence-electron chi connectivity index (χ3n) is 2.70. The zero-order chi connectivity index (χ0) is 12.3. The predicted octanol–water partition coefficient (Wildman–Crippen LogP) is 0.854. The Morgan fingerprint density at radius 3 is 2.88 bits per heavy atom. The molecule has 2 rings (SSSR count). The molecule has 0 spiro atoms. The molecule has 1 aromatic heterocycles. The minimum absolute atomic E-state index is 0.110. The lowest BCUT2D eigenvalue weighted by Crippen LogP contribution is -2.35. The summed E-state index contributed by atoms with van der Waals surface area (Å²) < 4.78 is 9.87. The number of hydrogen-bond acceptors (Lipinski definition) is 6. The molecule has 17 heavy (non-hydrogen) atoms. The summed E-state index contributed by atoms with van der Waals surface area (Å²) in [7, 11) is 1.31. The van der Waals surface area contributed by atoms with Crippen molar-refractivity contribution < 1.29 is 14.3 Å². The van der Waals surface area contributed by atoms with E-state index < -0.39 is 5.97 Å². The van der Waals surface area contributed by atoms with Crippen LogP contribution in [0.25, 0.3) is 0 Å². The maximum Gasteiger partial charge on any atom is 0.358 e. The van der Waals surface area contributed by atoms with Gasteiger partial charge in [-0.05, 0) is 13.3 Å². The summed E-state index contributed by atoms with van der Waals surface area (Å²) in [4.78, 5) is 19.3. The van der Waals surface area contributed by atoms with Crippen molar-refractivity contribution in [3.8, 4) is 0 Å². The number of nitrogens with zero attached hydrogens (tertiary/aromatic N) is 2. The van der Waals surface area contributed by atoms with Crippen LogP contribution in [0.2, 0.25) is 0 Å². The lowest BCUT2D eigenvalue weighted by molar-refractivity contribution is 0.0593. The van der Waals surface area contributed by atoms with Crippen LogP contribution in [0, 0.1) is 0 Å². The largest absolute Gasteiger partial charge is 0.464 e. The van der Waals surface area contributed by atoms with Crippen molar-refractivity contribution in [3.05, 3.63) is 18.1 Å². The SMILES string of the molecule is COC(=O)c1cnc(NC2(C)CCOC2)cn1. The third-order valence-corrected chi connectivity index (χ3v) is 2.70. The average Bonchev–Trinajstić information content (AvgIpc) is 2.76. The molecule has 0 amide bonds. The number of carbonyl (C=O) groups is 1. The molecule has 2 heterocycles. The first kappa shape index (κ1) is 11.8. The van der Waals surface area contributed by atoms with E-state index in [2.05, 4.69) is 26.9 Å². The van der Waals surface area contributed by atoms with E-state index in [1.807, 2.05) is 0 Å². The van der Waals surface area contributed by atoms with Crippen molar-refractivity contribution in [2.24, 2.45) is 0 Å². The van der Waals surface area contributed by atoms with Crippen molar-refractivity contribution in [2.45, 2.75) is 18.9 Å². The van der Waals surface area contributed by atoms with E-state index >= 15 is 0 Å². The van der Waals surface area contributed by atoms with Gasteiger partial charge in [0.25, 0.3) is 0 Å². The van der Waals surface area contributed by atoms with Crippen LogP contribution in [0.5, 0.6) is 0 Å². The van der Waals surface area contributed by atoms with Crippen molar-refractivity contribution >= 4 is 11.8 Å². The van der Waals surface area contributed by atoms with Crippen LogP contribution in [0.15, 0.2) is 12.4 Å². The number of esters is 1. The predicted molar refractivity (Wildman–Crippen MR) is 60.8 cm³/mol. The number of nitrogens with one attached hydrogen (secondary N) is 1. The lowest BCUT2D eigenvalue weighted by atomic mass is 10.0. The minimum Gasteiger partial charge on any atom is -0.464 e. The van der Waals surface area contributed by atoms with Crippen molar-refractivity contribution in [1.82, 2.24) is 9.97 Å². The molecule has 0 aromatic carbocycles. The number of anilines is 1. The molecule has 1 aliphatic heterocycles. The molecule has 92 valence electrons. The van der Waals surface area contributed by atoms with Gasteiger partial charge in [0.05, 0.1) is 31.6 Å². The minimum atomic E-state index is -0.487. The third kappa shape index (κ3) is 2.71. The number of aromatic nitrogens is 2. The van der Waals surface area contributed by atoms with Gasteiger partial charge in [0, 0.05) is 6.61 Å². The fourth-order valence-corrected chi connectivity index (χ4v) is 1.68. The first-order valence-electron chi connectivity index (χ1n) is 5.39. The van der Waals surface area contributed by atoms with Crippen LogP contribution in [0.1, 0.15) is 23.8 Å². The lowest BCUT2D eigenvalue weighted by Gasteiger charge is -2.23. The highest BCUT2D eigenvalue weighted by atomic mass is 16.5. The van der Waals surface area contributed by atoms with Crippen LogP contribution in [0.3, 0.4) is 0 Å². The molecule has 0 radical (unpaired) electrons. The molecule has 6 nitrogen and oxygen atoms in total. The van der Waals surface area contributed by atoms with Crippen molar-refractivity contribution in [2.75, 3.05) is 25.6 Å². The fraction of sp³-hybridized carbons (Fsp3) is 0.545. The molecular weight excluding hydrogens is 222 g/mol. The van der Waals surface area contributed by atoms with E-state index in [9.17, 15) is 4.79 Å². The maximum atomic E-state index is 11.2. The van der Waals surface area contributed by atoms with Gasteiger partial charge in [0.1, 0.15) is 5.82 Å². The molecule has 6 heteroatoms. The van der Waals surface area contributed by atoms with Crippen LogP contribution in [-0.4, -0.2) is 41.8 Å². The Morgan fingerprint density at radius 1 is 1.53 bits per heavy atom. The normalized spacial score (nSPS) is 23.4. The van der Waals surface area contributed by atoms with E-state index in [1.165, 1.54) is 19.5 Å². The van der Waals surface area contributed by atoms with E-state index in [4.69, 9.17) is 4.74 Å². The van der Waals surface area contributed by atoms with Crippen LogP contribution in [-0.2, 0) is 9.47 Å². The Bertz CT molecular complexity index is 399. The van der Waals surface area contributed by atoms with E-state index in [1.54, 1.807) is 0 Å². The molecule has 1 unspecified atom stereocenters. The molecule has 1 saturated heterocycles. The molecule has 1 aliphatic rings. The first-order valence-corrected chi connectivity index (χ1v) is 5.39. The molecule has 1 fully saturated rings. The average molecular weight is 237 g/mol. The van der Waals surface area contributed by atoms with E-state index in [-0.39, 0.29) is 11.2 Å². The Morgan fingerprint density at radius 2 is 2.35 bits per heavy atom. The summed E-state index contributed by atoms with van der Waals surface area (Å²) in [6.45, 7) is 3.46. The second-order valence-electron chi connectivity index (χ2n) is 4.27. The van der Waals surface area contributed by atoms with Gasteiger partial charge in [-0.15, -0.1) is 0 Å². The number of ether oxygens (including phenoxy) is 2. The molecule has 1 atom stereocenters. The van der Waals surface area contributed by atoms with Gasteiger partial charge < -0.3 is 14.8 Å². The van der Waals surface area contributed by atoms with E-state index in [0.717, 1.165) is 13.0 Å². The van der Waals surface area contributed by atoms with Gasteiger partial charge in [-0.25, -0.2) is 14.8 Å². The quantitative estimate of drug-likeness (QED) is 0.786. The summed E-state index contributed by atoms with van der Waals surface area (Å²) in [5.74, 6) is 0.144. The summed E-state index contributed by atoms with van der Waals surface area (Å²) in [6, 6.07) is 0. The molecular formula is C11H15N3O3. The van der Waals surface area contributed by atoms with Crippen molar-refractivity contribution in [3.63, 3.8) is 0 Å². The summed E-state index contributed by atoms with van der Waals surface area (Å²) in [5, 5.41) is 3.25. The Balaban J connectivity index is 2.05. The summed E-state index contributed by atoms with van der Waals surface area (Å²) in [5.41, 5.74) is 0.0902. The Hall–Kier alpha value is -1.69. The van der Waals surface area contributed by atoms with Gasteiger partial charge >= 0.3 is 5.97 Å². The maximum absolute atomic E-state index is 11.2. The highest BCUT2D eigenvalue weighted by Crippen LogP contribution is 2.22. The van der Waals surface area contributed by atoms with Gasteiger partial charge in [-0.2, -0.15) is 0 Å². The number of methoxy groups -OCH3 is 1. The number of rotatable bonds is 3. The highest BCUT2D eigenvalue weighted by molar-refractivity contribution is 5.86. The topological polar surface area (TPSA) is 73.3 Å². The number of carbonyl (C=O) groups excluding carboxylic acids is 1. The summed E-state index contributed by atoms with van der Waals surface area (Å²) >= 11 is 0. The Labute approximate surface area is 99.4 Å². The van der Waals surface area contributed by atoms with Gasteiger partial charge in [-0.1, -0.05) is 0 Å². The first-order chi connectivity index (χ1) is 8.13. The fourth-order valence-electron chi connectivity index (χ4n) is 1.68. The highest BCUT2D eigenvalue weighted by Gasteiger charge is 2.29. The molecule has 0 aliphatic carbocycles. The number of hydrogen-bond donors (Lipinski definition) is 1. The molecule has 0 saturated carbocycles. The Kier molecular flexibility index (Phi) is 3.23. The second kappa shape index (κ2) is 4.67. The van der Waals surface area contributed by atoms with E-state index in [0.29, 0.717) is 12.4 Å². The van der Waals surface area contributed by atoms with Crippen molar-refractivity contribution in [1.29, 1.82) is 0 Å². The van der Waals surface area contributed by atoms with Gasteiger partial charge in [-0.3, -0.25) is 0 Å².